The molecule has 0 saturated carbocycles. The van der Waals surface area contributed by atoms with E-state index in [-0.39, 0.29) is 6.04 Å². The van der Waals surface area contributed by atoms with Crippen molar-refractivity contribution >= 4 is 22.5 Å². The summed E-state index contributed by atoms with van der Waals surface area (Å²) >= 11 is 6.16. The maximum Gasteiger partial charge on any atom is 0.0802 e. The number of hydrogen-bond acceptors (Lipinski definition) is 3. The van der Waals surface area contributed by atoms with Crippen LogP contribution in [0.15, 0.2) is 54.9 Å². The lowest BCUT2D eigenvalue weighted by Gasteiger charge is -2.15. The first-order valence-corrected chi connectivity index (χ1v) is 6.35. The fraction of sp³-hybridized carbons (Fsp3) is 0.0667. The van der Waals surface area contributed by atoms with Crippen molar-refractivity contribution < 1.29 is 0 Å². The van der Waals surface area contributed by atoms with E-state index in [1.807, 2.05) is 30.3 Å². The summed E-state index contributed by atoms with van der Waals surface area (Å²) in [5, 5.41) is 1.61. The smallest absolute Gasteiger partial charge is 0.0802 e. The fourth-order valence-corrected chi connectivity index (χ4v) is 2.41. The van der Waals surface area contributed by atoms with Crippen LogP contribution in [-0.2, 0) is 0 Å². The molecular formula is C15H12ClN3. The molecule has 2 N–H and O–H groups in total. The average molecular weight is 270 g/mol. The zero-order valence-electron chi connectivity index (χ0n) is 10.1. The van der Waals surface area contributed by atoms with E-state index in [0.717, 1.165) is 16.5 Å². The monoisotopic (exact) mass is 269 g/mol. The summed E-state index contributed by atoms with van der Waals surface area (Å²) in [6.45, 7) is 0. The van der Waals surface area contributed by atoms with Gasteiger partial charge in [0.15, 0.2) is 0 Å². The summed E-state index contributed by atoms with van der Waals surface area (Å²) in [5.41, 5.74) is 8.89. The lowest BCUT2D eigenvalue weighted by molar-refractivity contribution is 0.836. The Bertz CT molecular complexity index is 722. The zero-order chi connectivity index (χ0) is 13.2. The number of halogens is 1. The zero-order valence-corrected chi connectivity index (χ0v) is 10.9. The summed E-state index contributed by atoms with van der Waals surface area (Å²) in [4.78, 5) is 8.62. The summed E-state index contributed by atoms with van der Waals surface area (Å²) < 4.78 is 0. The molecule has 0 saturated heterocycles. The Morgan fingerprint density at radius 2 is 1.74 bits per heavy atom. The third kappa shape index (κ3) is 2.18. The molecule has 1 unspecified atom stereocenters. The van der Waals surface area contributed by atoms with Crippen molar-refractivity contribution in [3.05, 3.63) is 71.1 Å². The van der Waals surface area contributed by atoms with Gasteiger partial charge in [0.1, 0.15) is 0 Å². The first-order chi connectivity index (χ1) is 9.27. The van der Waals surface area contributed by atoms with Crippen molar-refractivity contribution in [1.82, 2.24) is 9.97 Å². The summed E-state index contributed by atoms with van der Waals surface area (Å²) in [7, 11) is 0. The molecule has 3 aromatic rings. The molecule has 4 heteroatoms. The predicted molar refractivity (Wildman–Crippen MR) is 77.0 cm³/mol. The molecule has 0 amide bonds. The minimum atomic E-state index is -0.360. The molecule has 0 fully saturated rings. The van der Waals surface area contributed by atoms with Crippen LogP contribution in [0.2, 0.25) is 5.02 Å². The van der Waals surface area contributed by atoms with Gasteiger partial charge in [-0.15, -0.1) is 0 Å². The third-order valence-electron chi connectivity index (χ3n) is 3.10. The number of nitrogens with zero attached hydrogens (tertiary/aromatic N) is 2. The number of aromatic nitrogens is 2. The van der Waals surface area contributed by atoms with E-state index in [1.54, 1.807) is 24.5 Å². The van der Waals surface area contributed by atoms with E-state index < -0.39 is 0 Å². The van der Waals surface area contributed by atoms with Crippen molar-refractivity contribution in [2.24, 2.45) is 5.73 Å². The van der Waals surface area contributed by atoms with Gasteiger partial charge >= 0.3 is 0 Å². The van der Waals surface area contributed by atoms with Gasteiger partial charge in [-0.25, -0.2) is 0 Å². The van der Waals surface area contributed by atoms with E-state index in [1.165, 1.54) is 0 Å². The molecular weight excluding hydrogens is 258 g/mol. The van der Waals surface area contributed by atoms with Gasteiger partial charge in [0, 0.05) is 17.8 Å². The Morgan fingerprint density at radius 3 is 2.58 bits per heavy atom. The van der Waals surface area contributed by atoms with Crippen molar-refractivity contribution in [1.29, 1.82) is 0 Å². The first-order valence-electron chi connectivity index (χ1n) is 5.97. The van der Waals surface area contributed by atoms with Gasteiger partial charge in [-0.3, -0.25) is 9.97 Å². The number of benzene rings is 1. The van der Waals surface area contributed by atoms with Gasteiger partial charge in [0.2, 0.25) is 0 Å². The fourth-order valence-electron chi connectivity index (χ4n) is 2.17. The second-order valence-corrected chi connectivity index (χ2v) is 4.67. The molecule has 1 aromatic carbocycles. The molecule has 0 aliphatic heterocycles. The molecule has 0 aliphatic carbocycles. The van der Waals surface area contributed by atoms with Gasteiger partial charge in [0.25, 0.3) is 0 Å². The number of hydrogen-bond donors (Lipinski definition) is 1. The van der Waals surface area contributed by atoms with Gasteiger partial charge in [-0.1, -0.05) is 29.8 Å². The van der Waals surface area contributed by atoms with E-state index in [4.69, 9.17) is 17.3 Å². The van der Waals surface area contributed by atoms with Crippen molar-refractivity contribution in [3.8, 4) is 0 Å². The Labute approximate surface area is 116 Å². The molecule has 2 heterocycles. The van der Waals surface area contributed by atoms with Crippen LogP contribution in [-0.4, -0.2) is 9.97 Å². The highest BCUT2D eigenvalue weighted by atomic mass is 35.5. The maximum atomic E-state index is 6.31. The second-order valence-electron chi connectivity index (χ2n) is 4.27. The number of pyridine rings is 2. The van der Waals surface area contributed by atoms with Crippen LogP contribution in [0, 0.1) is 0 Å². The Hall–Kier alpha value is -1.97. The van der Waals surface area contributed by atoms with Crippen molar-refractivity contribution in [2.75, 3.05) is 0 Å². The third-order valence-corrected chi connectivity index (χ3v) is 3.42. The molecule has 3 nitrogen and oxygen atoms in total. The first kappa shape index (κ1) is 12.1. The van der Waals surface area contributed by atoms with Gasteiger partial charge in [-0.2, -0.15) is 0 Å². The SMILES string of the molecule is NC(c1ncccc1Cl)c1cccc2ncccc12. The highest BCUT2D eigenvalue weighted by molar-refractivity contribution is 6.31. The quantitative estimate of drug-likeness (QED) is 0.776. The molecule has 0 bridgehead atoms. The lowest BCUT2D eigenvalue weighted by Crippen LogP contribution is -2.14. The van der Waals surface area contributed by atoms with Crippen molar-refractivity contribution in [3.63, 3.8) is 0 Å². The predicted octanol–water partition coefficient (Wildman–Crippen LogP) is 3.33. The highest BCUT2D eigenvalue weighted by Gasteiger charge is 2.16. The standard InChI is InChI=1S/C15H12ClN3/c16-12-6-3-9-19-15(12)14(17)11-4-1-7-13-10(11)5-2-8-18-13/h1-9,14H,17H2. The van der Waals surface area contributed by atoms with Crippen LogP contribution in [0.3, 0.4) is 0 Å². The summed E-state index contributed by atoms with van der Waals surface area (Å²) in [6.07, 6.45) is 3.47. The summed E-state index contributed by atoms with van der Waals surface area (Å²) in [6, 6.07) is 13.0. The lowest BCUT2D eigenvalue weighted by atomic mass is 9.99. The normalized spacial score (nSPS) is 12.5. The van der Waals surface area contributed by atoms with Gasteiger partial charge in [0.05, 0.1) is 22.3 Å². The molecule has 19 heavy (non-hydrogen) atoms. The topological polar surface area (TPSA) is 51.8 Å². The Morgan fingerprint density at radius 1 is 0.947 bits per heavy atom. The van der Waals surface area contributed by atoms with Crippen LogP contribution in [0.4, 0.5) is 0 Å². The second kappa shape index (κ2) is 4.96. The molecule has 2 aromatic heterocycles. The molecule has 3 rings (SSSR count). The molecule has 0 aliphatic rings. The maximum absolute atomic E-state index is 6.31. The largest absolute Gasteiger partial charge is 0.319 e. The van der Waals surface area contributed by atoms with Gasteiger partial charge in [-0.05, 0) is 29.8 Å². The van der Waals surface area contributed by atoms with Crippen LogP contribution in [0.1, 0.15) is 17.3 Å². The van der Waals surface area contributed by atoms with E-state index in [2.05, 4.69) is 9.97 Å². The molecule has 1 atom stereocenters. The summed E-state index contributed by atoms with van der Waals surface area (Å²) in [5.74, 6) is 0. The van der Waals surface area contributed by atoms with Crippen LogP contribution >= 0.6 is 11.6 Å². The van der Waals surface area contributed by atoms with E-state index in [0.29, 0.717) is 10.7 Å². The minimum Gasteiger partial charge on any atom is -0.319 e. The average Bonchev–Trinajstić information content (AvgIpc) is 2.46. The molecule has 0 radical (unpaired) electrons. The van der Waals surface area contributed by atoms with Crippen LogP contribution in [0.25, 0.3) is 10.9 Å². The molecule has 0 spiro atoms. The van der Waals surface area contributed by atoms with E-state index in [9.17, 15) is 0 Å². The number of fused-ring (bicyclic) bond motifs is 1. The molecule has 94 valence electrons. The highest BCUT2D eigenvalue weighted by Crippen LogP contribution is 2.28. The Kier molecular flexibility index (Phi) is 3.15. The number of rotatable bonds is 2. The van der Waals surface area contributed by atoms with Crippen LogP contribution in [0.5, 0.6) is 0 Å². The van der Waals surface area contributed by atoms with Gasteiger partial charge < -0.3 is 5.73 Å². The van der Waals surface area contributed by atoms with Crippen molar-refractivity contribution in [2.45, 2.75) is 6.04 Å². The van der Waals surface area contributed by atoms with E-state index >= 15 is 0 Å². The minimum absolute atomic E-state index is 0.360. The Balaban J connectivity index is 2.17. The number of nitrogens with two attached hydrogens (primary N) is 1. The van der Waals surface area contributed by atoms with Crippen LogP contribution < -0.4 is 5.73 Å².